The van der Waals surface area contributed by atoms with Crippen molar-refractivity contribution in [2.75, 3.05) is 0 Å². The number of rotatable bonds is 3. The van der Waals surface area contributed by atoms with Crippen molar-refractivity contribution in [1.82, 2.24) is 4.98 Å². The van der Waals surface area contributed by atoms with E-state index in [-0.39, 0.29) is 5.56 Å². The van der Waals surface area contributed by atoms with Gasteiger partial charge in [-0.05, 0) is 29.8 Å². The van der Waals surface area contributed by atoms with Gasteiger partial charge in [0.1, 0.15) is 0 Å². The van der Waals surface area contributed by atoms with Crippen molar-refractivity contribution in [2.45, 2.75) is 0 Å². The Morgan fingerprint density at radius 3 is 2.26 bits per heavy atom. The number of pyridine rings is 1. The van der Waals surface area contributed by atoms with Crippen molar-refractivity contribution in [2.24, 2.45) is 0 Å². The van der Waals surface area contributed by atoms with Crippen LogP contribution in [0.25, 0.3) is 33.3 Å². The highest BCUT2D eigenvalue weighted by Crippen LogP contribution is 2.32. The topological polar surface area (TPSA) is 50.2 Å². The fourth-order valence-electron chi connectivity index (χ4n) is 3.04. The van der Waals surface area contributed by atoms with Crippen LogP contribution in [0.4, 0.5) is 0 Å². The molecule has 0 aliphatic rings. The van der Waals surface area contributed by atoms with Crippen molar-refractivity contribution in [3.05, 3.63) is 88.4 Å². The van der Waals surface area contributed by atoms with Gasteiger partial charge >= 0.3 is 5.97 Å². The van der Waals surface area contributed by atoms with Gasteiger partial charge in [0.2, 0.25) is 0 Å². The van der Waals surface area contributed by atoms with Crippen molar-refractivity contribution >= 4 is 40.1 Å². The number of para-hydroxylation sites is 1. The second-order valence-corrected chi connectivity index (χ2v) is 6.92. The Balaban J connectivity index is 1.79. The molecule has 1 heterocycles. The highest BCUT2D eigenvalue weighted by atomic mass is 35.5. The molecule has 0 saturated carbocycles. The van der Waals surface area contributed by atoms with Gasteiger partial charge in [0.15, 0.2) is 0 Å². The number of nitrogens with zero attached hydrogens (tertiary/aromatic N) is 1. The number of hydrogen-bond donors (Lipinski definition) is 1. The number of carboxylic acids is 1. The first kappa shape index (κ1) is 17.5. The standard InChI is InChI=1S/C22H13Cl2NO2/c23-15-9-10-16(19(24)11-15)13-5-7-14(8-6-13)21-12-18(22(26)27)17-3-1-2-4-20(17)25-21/h1-12H,(H,26,27). The molecule has 1 N–H and O–H groups in total. The molecule has 27 heavy (non-hydrogen) atoms. The van der Waals surface area contributed by atoms with Crippen LogP contribution in [-0.2, 0) is 0 Å². The predicted molar refractivity (Wildman–Crippen MR) is 110 cm³/mol. The molecule has 0 unspecified atom stereocenters. The summed E-state index contributed by atoms with van der Waals surface area (Å²) >= 11 is 12.2. The number of carbonyl (C=O) groups is 1. The third-order valence-electron chi connectivity index (χ3n) is 4.37. The SMILES string of the molecule is O=C(O)c1cc(-c2ccc(-c3ccc(Cl)cc3Cl)cc2)nc2ccccc12. The lowest BCUT2D eigenvalue weighted by molar-refractivity contribution is 0.0699. The molecule has 4 rings (SSSR count). The van der Waals surface area contributed by atoms with E-state index >= 15 is 0 Å². The Hall–Kier alpha value is -2.88. The lowest BCUT2D eigenvalue weighted by Crippen LogP contribution is -2.00. The van der Waals surface area contributed by atoms with Crippen molar-refractivity contribution in [3.63, 3.8) is 0 Å². The minimum absolute atomic E-state index is 0.237. The number of hydrogen-bond acceptors (Lipinski definition) is 2. The summed E-state index contributed by atoms with van der Waals surface area (Å²) in [5.41, 5.74) is 4.15. The van der Waals surface area contributed by atoms with Gasteiger partial charge < -0.3 is 5.11 Å². The van der Waals surface area contributed by atoms with Crippen molar-refractivity contribution in [3.8, 4) is 22.4 Å². The van der Waals surface area contributed by atoms with Crippen LogP contribution in [0.3, 0.4) is 0 Å². The molecule has 0 fully saturated rings. The summed E-state index contributed by atoms with van der Waals surface area (Å²) in [5.74, 6) is -0.973. The number of fused-ring (bicyclic) bond motifs is 1. The molecule has 3 aromatic carbocycles. The lowest BCUT2D eigenvalue weighted by Gasteiger charge is -2.09. The normalized spacial score (nSPS) is 10.9. The Kier molecular flexibility index (Phi) is 4.56. The first-order valence-corrected chi connectivity index (χ1v) is 8.97. The summed E-state index contributed by atoms with van der Waals surface area (Å²) in [6, 6.07) is 21.9. The van der Waals surface area contributed by atoms with Crippen LogP contribution in [0.5, 0.6) is 0 Å². The fraction of sp³-hybridized carbons (Fsp3) is 0. The number of aromatic carboxylic acids is 1. The molecule has 0 spiro atoms. The zero-order chi connectivity index (χ0) is 19.0. The summed E-state index contributed by atoms with van der Waals surface area (Å²) in [4.78, 5) is 16.3. The van der Waals surface area contributed by atoms with Crippen LogP contribution in [0.15, 0.2) is 72.8 Å². The predicted octanol–water partition coefficient (Wildman–Crippen LogP) is 6.57. The van der Waals surface area contributed by atoms with E-state index in [2.05, 4.69) is 4.98 Å². The molecule has 0 saturated heterocycles. The Labute approximate surface area is 165 Å². The maximum absolute atomic E-state index is 11.6. The van der Waals surface area contributed by atoms with Gasteiger partial charge in [-0.1, -0.05) is 71.7 Å². The third-order valence-corrected chi connectivity index (χ3v) is 4.92. The fourth-order valence-corrected chi connectivity index (χ4v) is 3.56. The summed E-state index contributed by atoms with van der Waals surface area (Å²) in [6.45, 7) is 0. The summed E-state index contributed by atoms with van der Waals surface area (Å²) in [5, 5.41) is 11.3. The molecular formula is C22H13Cl2NO2. The van der Waals surface area contributed by atoms with Gasteiger partial charge in [-0.3, -0.25) is 0 Å². The Morgan fingerprint density at radius 2 is 1.56 bits per heavy atom. The van der Waals surface area contributed by atoms with Crippen LogP contribution < -0.4 is 0 Å². The van der Waals surface area contributed by atoms with Crippen LogP contribution in [-0.4, -0.2) is 16.1 Å². The molecular weight excluding hydrogens is 381 g/mol. The average Bonchev–Trinajstić information content (AvgIpc) is 2.67. The lowest BCUT2D eigenvalue weighted by atomic mass is 10.0. The zero-order valence-corrected chi connectivity index (χ0v) is 15.5. The van der Waals surface area contributed by atoms with E-state index in [1.54, 1.807) is 30.3 Å². The van der Waals surface area contributed by atoms with Crippen molar-refractivity contribution < 1.29 is 9.90 Å². The van der Waals surface area contributed by atoms with Crippen LogP contribution in [0.1, 0.15) is 10.4 Å². The third kappa shape index (κ3) is 3.39. The summed E-state index contributed by atoms with van der Waals surface area (Å²) in [7, 11) is 0. The molecule has 1 aromatic heterocycles. The number of carboxylic acid groups (broad SMARTS) is 1. The minimum Gasteiger partial charge on any atom is -0.478 e. The monoisotopic (exact) mass is 393 g/mol. The maximum Gasteiger partial charge on any atom is 0.336 e. The highest BCUT2D eigenvalue weighted by Gasteiger charge is 2.13. The molecule has 3 nitrogen and oxygen atoms in total. The molecule has 5 heteroatoms. The van der Waals surface area contributed by atoms with Gasteiger partial charge in [0.25, 0.3) is 0 Å². The largest absolute Gasteiger partial charge is 0.478 e. The second-order valence-electron chi connectivity index (χ2n) is 6.08. The Bertz CT molecular complexity index is 1170. The number of aromatic nitrogens is 1. The number of benzene rings is 3. The second kappa shape index (κ2) is 7.03. The molecule has 0 aliphatic heterocycles. The molecule has 4 aromatic rings. The highest BCUT2D eigenvalue weighted by molar-refractivity contribution is 6.36. The molecule has 0 amide bonds. The van der Waals surface area contributed by atoms with E-state index in [1.165, 1.54) is 0 Å². The van der Waals surface area contributed by atoms with Gasteiger partial charge in [-0.25, -0.2) is 9.78 Å². The van der Waals surface area contributed by atoms with E-state index in [0.29, 0.717) is 26.6 Å². The average molecular weight is 394 g/mol. The van der Waals surface area contributed by atoms with Gasteiger partial charge in [-0.15, -0.1) is 0 Å². The van der Waals surface area contributed by atoms with E-state index < -0.39 is 5.97 Å². The Morgan fingerprint density at radius 1 is 0.852 bits per heavy atom. The molecule has 0 atom stereocenters. The molecule has 132 valence electrons. The summed E-state index contributed by atoms with van der Waals surface area (Å²) in [6.07, 6.45) is 0. The first-order valence-electron chi connectivity index (χ1n) is 8.22. The van der Waals surface area contributed by atoms with Crippen LogP contribution >= 0.6 is 23.2 Å². The maximum atomic E-state index is 11.6. The molecule has 0 aliphatic carbocycles. The smallest absolute Gasteiger partial charge is 0.336 e. The van der Waals surface area contributed by atoms with E-state index in [0.717, 1.165) is 16.7 Å². The van der Waals surface area contributed by atoms with Crippen molar-refractivity contribution in [1.29, 1.82) is 0 Å². The zero-order valence-electron chi connectivity index (χ0n) is 14.0. The first-order chi connectivity index (χ1) is 13.0. The van der Waals surface area contributed by atoms with E-state index in [4.69, 9.17) is 23.2 Å². The molecule has 0 radical (unpaired) electrons. The van der Waals surface area contributed by atoms with E-state index in [1.807, 2.05) is 42.5 Å². The van der Waals surface area contributed by atoms with Crippen LogP contribution in [0.2, 0.25) is 10.0 Å². The number of halogens is 2. The molecule has 0 bridgehead atoms. The van der Waals surface area contributed by atoms with Crippen LogP contribution in [0, 0.1) is 0 Å². The van der Waals surface area contributed by atoms with Gasteiger partial charge in [-0.2, -0.15) is 0 Å². The quantitative estimate of drug-likeness (QED) is 0.427. The summed E-state index contributed by atoms with van der Waals surface area (Å²) < 4.78 is 0. The van der Waals surface area contributed by atoms with Gasteiger partial charge in [0, 0.05) is 26.6 Å². The van der Waals surface area contributed by atoms with Gasteiger partial charge in [0.05, 0.1) is 16.8 Å². The minimum atomic E-state index is -0.973. The van der Waals surface area contributed by atoms with E-state index in [9.17, 15) is 9.90 Å².